The van der Waals surface area contributed by atoms with Gasteiger partial charge in [0, 0.05) is 9.75 Å². The molecule has 100 valence electrons. The highest BCUT2D eigenvalue weighted by Gasteiger charge is 2.20. The van der Waals surface area contributed by atoms with Crippen molar-refractivity contribution in [2.75, 3.05) is 7.05 Å². The number of fused-ring (bicyclic) bond motifs is 1. The van der Waals surface area contributed by atoms with Gasteiger partial charge in [-0.1, -0.05) is 12.1 Å². The molecular formula is C16H18FNS. The van der Waals surface area contributed by atoms with Gasteiger partial charge in [-0.25, -0.2) is 4.39 Å². The molecule has 0 saturated carbocycles. The maximum Gasteiger partial charge on any atom is 0.126 e. The van der Waals surface area contributed by atoms with Crippen molar-refractivity contribution >= 4 is 11.3 Å². The summed E-state index contributed by atoms with van der Waals surface area (Å²) in [4.78, 5) is 2.88. The van der Waals surface area contributed by atoms with Crippen LogP contribution in [-0.4, -0.2) is 7.05 Å². The van der Waals surface area contributed by atoms with Crippen LogP contribution in [0.3, 0.4) is 0 Å². The van der Waals surface area contributed by atoms with E-state index in [1.807, 2.05) is 37.4 Å². The summed E-state index contributed by atoms with van der Waals surface area (Å²) in [6.07, 6.45) is 3.73. The van der Waals surface area contributed by atoms with E-state index < -0.39 is 0 Å². The molecule has 1 aromatic heterocycles. The van der Waals surface area contributed by atoms with Crippen molar-refractivity contribution in [1.29, 1.82) is 0 Å². The minimum Gasteiger partial charge on any atom is -0.309 e. The molecule has 1 atom stereocenters. The fourth-order valence-corrected chi connectivity index (χ4v) is 4.21. The highest BCUT2D eigenvalue weighted by atomic mass is 32.1. The zero-order valence-corrected chi connectivity index (χ0v) is 12.1. The number of aryl methyl sites for hydroxylation is 3. The second-order valence-electron chi connectivity index (χ2n) is 5.18. The van der Waals surface area contributed by atoms with E-state index in [9.17, 15) is 4.39 Å². The molecular weight excluding hydrogens is 257 g/mol. The lowest BCUT2D eigenvalue weighted by Gasteiger charge is -2.16. The van der Waals surface area contributed by atoms with Crippen molar-refractivity contribution in [3.63, 3.8) is 0 Å². The van der Waals surface area contributed by atoms with Crippen molar-refractivity contribution in [3.8, 4) is 0 Å². The zero-order chi connectivity index (χ0) is 13.4. The third-order valence-electron chi connectivity index (χ3n) is 3.85. The first-order valence-corrected chi connectivity index (χ1v) is 7.55. The van der Waals surface area contributed by atoms with Gasteiger partial charge in [-0.15, -0.1) is 11.3 Å². The number of rotatable bonds is 3. The lowest BCUT2D eigenvalue weighted by Crippen LogP contribution is -2.16. The molecule has 3 rings (SSSR count). The molecule has 1 unspecified atom stereocenters. The van der Waals surface area contributed by atoms with Crippen LogP contribution in [0.25, 0.3) is 0 Å². The summed E-state index contributed by atoms with van der Waals surface area (Å²) < 4.78 is 13.4. The number of thiophene rings is 1. The van der Waals surface area contributed by atoms with Crippen LogP contribution in [0.4, 0.5) is 4.39 Å². The number of hydrogen-bond donors (Lipinski definition) is 1. The molecule has 1 aliphatic carbocycles. The summed E-state index contributed by atoms with van der Waals surface area (Å²) in [7, 11) is 1.97. The van der Waals surface area contributed by atoms with Crippen LogP contribution in [0.5, 0.6) is 0 Å². The van der Waals surface area contributed by atoms with Crippen LogP contribution in [0, 0.1) is 12.7 Å². The van der Waals surface area contributed by atoms with Crippen LogP contribution in [0.15, 0.2) is 24.3 Å². The standard InChI is InChI=1S/C16H18FNS/c1-10-8-12(6-7-13(10)17)16(18-2)15-9-11-4-3-5-14(11)19-15/h6-9,16,18H,3-5H2,1-2H3. The first-order chi connectivity index (χ1) is 9.19. The van der Waals surface area contributed by atoms with E-state index in [0.29, 0.717) is 5.56 Å². The normalized spacial score (nSPS) is 15.5. The maximum absolute atomic E-state index is 13.4. The molecule has 0 amide bonds. The van der Waals surface area contributed by atoms with Gasteiger partial charge in [0.15, 0.2) is 0 Å². The third-order valence-corrected chi connectivity index (χ3v) is 5.16. The van der Waals surface area contributed by atoms with Gasteiger partial charge in [-0.05, 0) is 62.1 Å². The second kappa shape index (κ2) is 5.06. The fraction of sp³-hybridized carbons (Fsp3) is 0.375. The molecule has 1 aliphatic rings. The van der Waals surface area contributed by atoms with Gasteiger partial charge in [0.25, 0.3) is 0 Å². The van der Waals surface area contributed by atoms with Crippen LogP contribution in [0.1, 0.15) is 38.9 Å². The van der Waals surface area contributed by atoms with E-state index in [2.05, 4.69) is 11.4 Å². The lowest BCUT2D eigenvalue weighted by atomic mass is 10.0. The maximum atomic E-state index is 13.4. The highest BCUT2D eigenvalue weighted by molar-refractivity contribution is 7.12. The molecule has 2 aromatic rings. The minimum absolute atomic E-state index is 0.132. The molecule has 0 saturated heterocycles. The first-order valence-electron chi connectivity index (χ1n) is 6.74. The van der Waals surface area contributed by atoms with E-state index >= 15 is 0 Å². The van der Waals surface area contributed by atoms with Crippen LogP contribution >= 0.6 is 11.3 Å². The van der Waals surface area contributed by atoms with Crippen molar-refractivity contribution < 1.29 is 4.39 Å². The summed E-state index contributed by atoms with van der Waals surface area (Å²) in [5.74, 6) is -0.132. The Morgan fingerprint density at radius 2 is 2.11 bits per heavy atom. The summed E-state index contributed by atoms with van der Waals surface area (Å²) >= 11 is 1.90. The van der Waals surface area contributed by atoms with E-state index in [1.54, 1.807) is 6.07 Å². The third kappa shape index (κ3) is 2.33. The van der Waals surface area contributed by atoms with Crippen molar-refractivity contribution in [1.82, 2.24) is 5.32 Å². The van der Waals surface area contributed by atoms with Crippen molar-refractivity contribution in [2.24, 2.45) is 0 Å². The topological polar surface area (TPSA) is 12.0 Å². The summed E-state index contributed by atoms with van der Waals surface area (Å²) in [5.41, 5.74) is 3.36. The molecule has 0 radical (unpaired) electrons. The zero-order valence-electron chi connectivity index (χ0n) is 11.3. The smallest absolute Gasteiger partial charge is 0.126 e. The molecule has 1 heterocycles. The first kappa shape index (κ1) is 12.8. The van der Waals surface area contributed by atoms with Crippen LogP contribution in [0.2, 0.25) is 0 Å². The number of hydrogen-bond acceptors (Lipinski definition) is 2. The van der Waals surface area contributed by atoms with Gasteiger partial charge >= 0.3 is 0 Å². The quantitative estimate of drug-likeness (QED) is 0.893. The second-order valence-corrected chi connectivity index (χ2v) is 6.35. The molecule has 0 bridgehead atoms. The molecule has 19 heavy (non-hydrogen) atoms. The highest BCUT2D eigenvalue weighted by Crippen LogP contribution is 2.36. The molecule has 1 aromatic carbocycles. The Hall–Kier alpha value is -1.19. The Bertz CT molecular complexity index is 581. The van der Waals surface area contributed by atoms with E-state index in [0.717, 1.165) is 5.56 Å². The predicted octanol–water partition coefficient (Wildman–Crippen LogP) is 3.99. The number of benzene rings is 1. The molecule has 0 aliphatic heterocycles. The van der Waals surface area contributed by atoms with E-state index in [-0.39, 0.29) is 11.9 Å². The van der Waals surface area contributed by atoms with Gasteiger partial charge in [0.1, 0.15) is 5.82 Å². The van der Waals surface area contributed by atoms with Gasteiger partial charge in [-0.3, -0.25) is 0 Å². The Kier molecular flexibility index (Phi) is 3.42. The largest absolute Gasteiger partial charge is 0.309 e. The number of nitrogens with one attached hydrogen (secondary N) is 1. The Labute approximate surface area is 117 Å². The van der Waals surface area contributed by atoms with Gasteiger partial charge in [0.2, 0.25) is 0 Å². The van der Waals surface area contributed by atoms with Crippen molar-refractivity contribution in [3.05, 3.63) is 56.5 Å². The minimum atomic E-state index is -0.132. The Morgan fingerprint density at radius 3 is 2.79 bits per heavy atom. The summed E-state index contributed by atoms with van der Waals surface area (Å²) in [6.45, 7) is 1.82. The van der Waals surface area contributed by atoms with Gasteiger partial charge in [0.05, 0.1) is 6.04 Å². The molecule has 1 nitrogen and oxygen atoms in total. The van der Waals surface area contributed by atoms with E-state index in [4.69, 9.17) is 0 Å². The lowest BCUT2D eigenvalue weighted by molar-refractivity contribution is 0.614. The Morgan fingerprint density at radius 1 is 1.26 bits per heavy atom. The summed E-state index contributed by atoms with van der Waals surface area (Å²) in [6, 6.07) is 7.90. The Balaban J connectivity index is 1.96. The van der Waals surface area contributed by atoms with Gasteiger partial charge < -0.3 is 5.32 Å². The average Bonchev–Trinajstić information content (AvgIpc) is 2.95. The number of halogens is 1. The molecule has 0 fully saturated rings. The van der Waals surface area contributed by atoms with E-state index in [1.165, 1.54) is 34.6 Å². The molecule has 0 spiro atoms. The predicted molar refractivity (Wildman–Crippen MR) is 78.4 cm³/mol. The monoisotopic (exact) mass is 275 g/mol. The molecule has 1 N–H and O–H groups in total. The van der Waals surface area contributed by atoms with Crippen molar-refractivity contribution in [2.45, 2.75) is 32.2 Å². The average molecular weight is 275 g/mol. The molecule has 3 heteroatoms. The SMILES string of the molecule is CNC(c1ccc(F)c(C)c1)c1cc2c(s1)CCC2. The van der Waals surface area contributed by atoms with Gasteiger partial charge in [-0.2, -0.15) is 0 Å². The fourth-order valence-electron chi connectivity index (χ4n) is 2.81. The van der Waals surface area contributed by atoms with Crippen LogP contribution < -0.4 is 5.32 Å². The van der Waals surface area contributed by atoms with Crippen LogP contribution in [-0.2, 0) is 12.8 Å². The summed E-state index contributed by atoms with van der Waals surface area (Å²) in [5, 5.41) is 3.36.